The van der Waals surface area contributed by atoms with Gasteiger partial charge in [-0.25, -0.2) is 0 Å². The van der Waals surface area contributed by atoms with Crippen LogP contribution < -0.4 is 5.01 Å². The van der Waals surface area contributed by atoms with Gasteiger partial charge in [-0.3, -0.25) is 9.99 Å². The van der Waals surface area contributed by atoms with Gasteiger partial charge in [0, 0.05) is 12.6 Å². The summed E-state index contributed by atoms with van der Waals surface area (Å²) in [6.07, 6.45) is 2.71. The van der Waals surface area contributed by atoms with Gasteiger partial charge in [-0.1, -0.05) is 54.1 Å². The fourth-order valence-corrected chi connectivity index (χ4v) is 3.05. The molecule has 24 heavy (non-hydrogen) atoms. The summed E-state index contributed by atoms with van der Waals surface area (Å²) in [6, 6.07) is 25.1. The third-order valence-electron chi connectivity index (χ3n) is 4.35. The molecular formula is C21H19N3. The van der Waals surface area contributed by atoms with E-state index in [0.29, 0.717) is 0 Å². The van der Waals surface area contributed by atoms with Crippen molar-refractivity contribution in [1.29, 1.82) is 0 Å². The van der Waals surface area contributed by atoms with Crippen LogP contribution in [-0.2, 0) is 0 Å². The Kier molecular flexibility index (Phi) is 3.83. The highest BCUT2D eigenvalue weighted by atomic mass is 15.5. The van der Waals surface area contributed by atoms with Gasteiger partial charge in [0.25, 0.3) is 0 Å². The van der Waals surface area contributed by atoms with Crippen LogP contribution in [-0.4, -0.2) is 10.7 Å². The first-order chi connectivity index (χ1) is 11.8. The largest absolute Gasteiger partial charge is 0.259 e. The summed E-state index contributed by atoms with van der Waals surface area (Å²) in [7, 11) is 0. The van der Waals surface area contributed by atoms with Crippen LogP contribution >= 0.6 is 0 Å². The summed E-state index contributed by atoms with van der Waals surface area (Å²) in [4.78, 5) is 4.57. The molecule has 4 rings (SSSR count). The van der Waals surface area contributed by atoms with Gasteiger partial charge in [-0.05, 0) is 36.8 Å². The van der Waals surface area contributed by atoms with Crippen LogP contribution in [0.1, 0.15) is 29.3 Å². The van der Waals surface area contributed by atoms with E-state index in [0.717, 1.165) is 23.5 Å². The van der Waals surface area contributed by atoms with Crippen LogP contribution in [0.25, 0.3) is 0 Å². The van der Waals surface area contributed by atoms with E-state index in [2.05, 4.69) is 71.5 Å². The smallest absolute Gasteiger partial charge is 0.100 e. The molecule has 3 heteroatoms. The van der Waals surface area contributed by atoms with Crippen LogP contribution in [0.3, 0.4) is 0 Å². The highest BCUT2D eigenvalue weighted by Gasteiger charge is 2.30. The topological polar surface area (TPSA) is 28.5 Å². The average Bonchev–Trinajstić information content (AvgIpc) is 3.09. The molecule has 0 radical (unpaired) electrons. The molecule has 1 aliphatic heterocycles. The van der Waals surface area contributed by atoms with Gasteiger partial charge >= 0.3 is 0 Å². The molecule has 1 aromatic heterocycles. The average molecular weight is 313 g/mol. The third-order valence-corrected chi connectivity index (χ3v) is 4.35. The lowest BCUT2D eigenvalue weighted by Crippen LogP contribution is -2.19. The van der Waals surface area contributed by atoms with Crippen LogP contribution in [0.15, 0.2) is 84.1 Å². The predicted octanol–water partition coefficient (Wildman–Crippen LogP) is 4.75. The van der Waals surface area contributed by atoms with Gasteiger partial charge in [0.15, 0.2) is 0 Å². The Morgan fingerprint density at radius 1 is 0.875 bits per heavy atom. The number of nitrogens with zero attached hydrogens (tertiary/aromatic N) is 3. The lowest BCUT2D eigenvalue weighted by atomic mass is 10.0. The second kappa shape index (κ2) is 6.28. The fourth-order valence-electron chi connectivity index (χ4n) is 3.05. The Morgan fingerprint density at radius 3 is 2.33 bits per heavy atom. The quantitative estimate of drug-likeness (QED) is 0.698. The summed E-state index contributed by atoms with van der Waals surface area (Å²) in [6.45, 7) is 2.10. The Balaban J connectivity index is 1.75. The van der Waals surface area contributed by atoms with Crippen molar-refractivity contribution in [2.45, 2.75) is 19.4 Å². The van der Waals surface area contributed by atoms with Crippen LogP contribution in [0, 0.1) is 6.92 Å². The van der Waals surface area contributed by atoms with E-state index in [4.69, 9.17) is 5.10 Å². The van der Waals surface area contributed by atoms with Gasteiger partial charge in [0.1, 0.15) is 6.04 Å². The number of aromatic nitrogens is 1. The maximum absolute atomic E-state index is 4.93. The Bertz CT molecular complexity index is 839. The Hall–Kier alpha value is -2.94. The number of hydrogen-bond acceptors (Lipinski definition) is 3. The van der Waals surface area contributed by atoms with Gasteiger partial charge in [0.2, 0.25) is 0 Å². The number of pyridine rings is 1. The van der Waals surface area contributed by atoms with Crippen molar-refractivity contribution >= 4 is 11.4 Å². The summed E-state index contributed by atoms with van der Waals surface area (Å²) < 4.78 is 0. The molecule has 118 valence electrons. The summed E-state index contributed by atoms with van der Waals surface area (Å²) in [5.41, 5.74) is 5.68. The lowest BCUT2D eigenvalue weighted by Gasteiger charge is -2.23. The Labute approximate surface area is 142 Å². The SMILES string of the molecule is Cc1ccc(N2N=C(c3ccccc3)CC2c2ccccn2)cc1. The number of hydrogen-bond donors (Lipinski definition) is 0. The molecule has 2 aromatic carbocycles. The second-order valence-electron chi connectivity index (χ2n) is 6.07. The molecule has 0 spiro atoms. The fraction of sp³-hybridized carbons (Fsp3) is 0.143. The van der Waals surface area contributed by atoms with Crippen LogP contribution in [0.4, 0.5) is 5.69 Å². The summed E-state index contributed by atoms with van der Waals surface area (Å²) in [5.74, 6) is 0. The Morgan fingerprint density at radius 2 is 1.62 bits per heavy atom. The van der Waals surface area contributed by atoms with E-state index in [9.17, 15) is 0 Å². The minimum absolute atomic E-state index is 0.129. The first-order valence-electron chi connectivity index (χ1n) is 8.21. The number of benzene rings is 2. The monoisotopic (exact) mass is 313 g/mol. The summed E-state index contributed by atoms with van der Waals surface area (Å²) >= 11 is 0. The number of hydrazone groups is 1. The number of anilines is 1. The van der Waals surface area contributed by atoms with Crippen molar-refractivity contribution in [3.63, 3.8) is 0 Å². The van der Waals surface area contributed by atoms with E-state index in [1.165, 1.54) is 11.1 Å². The van der Waals surface area contributed by atoms with Crippen molar-refractivity contribution in [2.24, 2.45) is 5.10 Å². The molecule has 1 unspecified atom stereocenters. The van der Waals surface area contributed by atoms with Crippen molar-refractivity contribution < 1.29 is 0 Å². The molecule has 3 aromatic rings. The van der Waals surface area contributed by atoms with E-state index in [1.807, 2.05) is 24.4 Å². The highest BCUT2D eigenvalue weighted by Crippen LogP contribution is 2.35. The first-order valence-corrected chi connectivity index (χ1v) is 8.21. The minimum atomic E-state index is 0.129. The molecule has 3 nitrogen and oxygen atoms in total. The molecule has 2 heterocycles. The van der Waals surface area contributed by atoms with Crippen LogP contribution in [0.5, 0.6) is 0 Å². The zero-order chi connectivity index (χ0) is 16.4. The molecule has 0 amide bonds. The predicted molar refractivity (Wildman–Crippen MR) is 98.2 cm³/mol. The van der Waals surface area contributed by atoms with Crippen molar-refractivity contribution in [3.8, 4) is 0 Å². The van der Waals surface area contributed by atoms with Gasteiger partial charge in [-0.15, -0.1) is 0 Å². The van der Waals surface area contributed by atoms with Crippen molar-refractivity contribution in [3.05, 3.63) is 95.8 Å². The van der Waals surface area contributed by atoms with Gasteiger partial charge in [0.05, 0.1) is 17.1 Å². The van der Waals surface area contributed by atoms with E-state index < -0.39 is 0 Å². The van der Waals surface area contributed by atoms with Gasteiger partial charge in [-0.2, -0.15) is 5.10 Å². The van der Waals surface area contributed by atoms with E-state index in [1.54, 1.807) is 0 Å². The second-order valence-corrected chi connectivity index (χ2v) is 6.07. The van der Waals surface area contributed by atoms with Crippen molar-refractivity contribution in [1.82, 2.24) is 4.98 Å². The molecule has 0 aliphatic carbocycles. The molecule has 0 saturated carbocycles. The van der Waals surface area contributed by atoms with Crippen molar-refractivity contribution in [2.75, 3.05) is 5.01 Å². The lowest BCUT2D eigenvalue weighted by molar-refractivity contribution is 0.686. The molecule has 1 atom stereocenters. The molecule has 0 fully saturated rings. The molecular weight excluding hydrogens is 294 g/mol. The third kappa shape index (κ3) is 2.81. The maximum atomic E-state index is 4.93. The molecule has 0 saturated heterocycles. The zero-order valence-electron chi connectivity index (χ0n) is 13.6. The summed E-state index contributed by atoms with van der Waals surface area (Å²) in [5, 5.41) is 7.03. The number of aryl methyl sites for hydroxylation is 1. The normalized spacial score (nSPS) is 17.0. The standard InChI is InChI=1S/C21H19N3/c1-16-10-12-18(13-11-16)24-21(19-9-5-6-14-22-19)15-20(23-24)17-7-3-2-4-8-17/h2-14,21H,15H2,1H3. The van der Waals surface area contributed by atoms with Gasteiger partial charge < -0.3 is 0 Å². The van der Waals surface area contributed by atoms with E-state index >= 15 is 0 Å². The first kappa shape index (κ1) is 14.6. The minimum Gasteiger partial charge on any atom is -0.259 e. The van der Waals surface area contributed by atoms with E-state index in [-0.39, 0.29) is 6.04 Å². The van der Waals surface area contributed by atoms with Crippen LogP contribution in [0.2, 0.25) is 0 Å². The molecule has 1 aliphatic rings. The maximum Gasteiger partial charge on any atom is 0.100 e. The molecule has 0 N–H and O–H groups in total. The zero-order valence-corrected chi connectivity index (χ0v) is 13.6. The molecule has 0 bridgehead atoms. The number of rotatable bonds is 3. The highest BCUT2D eigenvalue weighted by molar-refractivity contribution is 6.03.